The molecule has 0 spiro atoms. The van der Waals surface area contributed by atoms with E-state index < -0.39 is 11.8 Å². The number of ether oxygens (including phenoxy) is 1. The van der Waals surface area contributed by atoms with Crippen LogP contribution in [0.15, 0.2) is 0 Å². The molecule has 1 rings (SSSR count). The number of rotatable bonds is 6. The molecule has 0 saturated carbocycles. The molecule has 0 unspecified atom stereocenters. The van der Waals surface area contributed by atoms with Crippen LogP contribution in [0.4, 0.5) is 0 Å². The normalized spacial score (nSPS) is 17.2. The van der Waals surface area contributed by atoms with Gasteiger partial charge in [-0.3, -0.25) is 9.59 Å². The molecule has 1 heterocycles. The molecular weight excluding hydrogens is 258 g/mol. The highest BCUT2D eigenvalue weighted by molar-refractivity contribution is 6.35. The first kappa shape index (κ1) is 16.9. The van der Waals surface area contributed by atoms with Gasteiger partial charge in [0.2, 0.25) is 0 Å². The minimum atomic E-state index is -0.544. The maximum Gasteiger partial charge on any atom is 0.309 e. The van der Waals surface area contributed by atoms with Crippen molar-refractivity contribution in [3.8, 4) is 0 Å². The van der Waals surface area contributed by atoms with Crippen LogP contribution in [0, 0.1) is 5.92 Å². The molecular formula is C14H27N3O3. The first-order chi connectivity index (χ1) is 9.52. The molecule has 2 amide bonds. The summed E-state index contributed by atoms with van der Waals surface area (Å²) in [6, 6.07) is -0.0164. The summed E-state index contributed by atoms with van der Waals surface area (Å²) in [5.74, 6) is -0.609. The fourth-order valence-electron chi connectivity index (χ4n) is 2.28. The SMILES string of the molecule is COCCN1CCC(CNC(=O)C(=O)NC(C)C)CC1. The van der Waals surface area contributed by atoms with Gasteiger partial charge in [-0.15, -0.1) is 0 Å². The van der Waals surface area contributed by atoms with Crippen LogP contribution in [0.1, 0.15) is 26.7 Å². The van der Waals surface area contributed by atoms with E-state index in [2.05, 4.69) is 15.5 Å². The number of methoxy groups -OCH3 is 1. The van der Waals surface area contributed by atoms with Crippen LogP contribution >= 0.6 is 0 Å². The standard InChI is InChI=1S/C14H27N3O3/c1-11(2)16-14(19)13(18)15-10-12-4-6-17(7-5-12)8-9-20-3/h11-12H,4-10H2,1-3H3,(H,15,18)(H,16,19). The van der Waals surface area contributed by atoms with Crippen molar-refractivity contribution >= 4 is 11.8 Å². The Morgan fingerprint density at radius 3 is 2.45 bits per heavy atom. The van der Waals surface area contributed by atoms with Gasteiger partial charge in [0.1, 0.15) is 0 Å². The highest BCUT2D eigenvalue weighted by Crippen LogP contribution is 2.15. The number of carbonyl (C=O) groups excluding carboxylic acids is 2. The number of hydrogen-bond acceptors (Lipinski definition) is 4. The summed E-state index contributed by atoms with van der Waals surface area (Å²) in [6.45, 7) is 8.04. The minimum Gasteiger partial charge on any atom is -0.383 e. The van der Waals surface area contributed by atoms with E-state index in [9.17, 15) is 9.59 Å². The van der Waals surface area contributed by atoms with Crippen molar-refractivity contribution in [3.63, 3.8) is 0 Å². The van der Waals surface area contributed by atoms with E-state index in [1.54, 1.807) is 7.11 Å². The first-order valence-corrected chi connectivity index (χ1v) is 7.33. The predicted octanol–water partition coefficient (Wildman–Crippen LogP) is -0.0144. The molecule has 1 fully saturated rings. The summed E-state index contributed by atoms with van der Waals surface area (Å²) in [7, 11) is 1.71. The fraction of sp³-hybridized carbons (Fsp3) is 0.857. The molecule has 0 aromatic rings. The number of carbonyl (C=O) groups is 2. The topological polar surface area (TPSA) is 70.7 Å². The van der Waals surface area contributed by atoms with E-state index in [0.717, 1.165) is 39.1 Å². The van der Waals surface area contributed by atoms with Crippen LogP contribution in [-0.4, -0.2) is 62.7 Å². The molecule has 0 radical (unpaired) electrons. The van der Waals surface area contributed by atoms with Gasteiger partial charge in [0.25, 0.3) is 0 Å². The molecule has 0 aliphatic carbocycles. The summed E-state index contributed by atoms with van der Waals surface area (Å²) in [4.78, 5) is 25.4. The Balaban J connectivity index is 2.17. The summed E-state index contributed by atoms with van der Waals surface area (Å²) in [5, 5.41) is 5.31. The summed E-state index contributed by atoms with van der Waals surface area (Å²) >= 11 is 0. The van der Waals surface area contributed by atoms with E-state index in [1.807, 2.05) is 13.8 Å². The lowest BCUT2D eigenvalue weighted by Crippen LogP contribution is -2.45. The lowest BCUT2D eigenvalue weighted by molar-refractivity contribution is -0.139. The third-order valence-electron chi connectivity index (χ3n) is 3.50. The number of nitrogens with one attached hydrogen (secondary N) is 2. The van der Waals surface area contributed by atoms with Crippen molar-refractivity contribution in [2.24, 2.45) is 5.92 Å². The van der Waals surface area contributed by atoms with Gasteiger partial charge < -0.3 is 20.3 Å². The molecule has 6 heteroatoms. The van der Waals surface area contributed by atoms with Gasteiger partial charge in [-0.1, -0.05) is 0 Å². The summed E-state index contributed by atoms with van der Waals surface area (Å²) in [6.07, 6.45) is 2.10. The minimum absolute atomic E-state index is 0.0164. The fourth-order valence-corrected chi connectivity index (χ4v) is 2.28. The van der Waals surface area contributed by atoms with Crippen LogP contribution in [0.5, 0.6) is 0 Å². The zero-order valence-corrected chi connectivity index (χ0v) is 12.8. The monoisotopic (exact) mass is 285 g/mol. The molecule has 0 atom stereocenters. The quantitative estimate of drug-likeness (QED) is 0.673. The van der Waals surface area contributed by atoms with Crippen molar-refractivity contribution in [2.45, 2.75) is 32.7 Å². The van der Waals surface area contributed by atoms with E-state index in [0.29, 0.717) is 12.5 Å². The van der Waals surface area contributed by atoms with Crippen LogP contribution in [0.25, 0.3) is 0 Å². The third kappa shape index (κ3) is 6.34. The smallest absolute Gasteiger partial charge is 0.309 e. The van der Waals surface area contributed by atoms with Crippen molar-refractivity contribution in [1.82, 2.24) is 15.5 Å². The number of hydrogen-bond donors (Lipinski definition) is 2. The van der Waals surface area contributed by atoms with Gasteiger partial charge in [-0.2, -0.15) is 0 Å². The van der Waals surface area contributed by atoms with Crippen LogP contribution in [-0.2, 0) is 14.3 Å². The molecule has 2 N–H and O–H groups in total. The van der Waals surface area contributed by atoms with Crippen molar-refractivity contribution in [3.05, 3.63) is 0 Å². The average molecular weight is 285 g/mol. The second kappa shape index (κ2) is 8.92. The van der Waals surface area contributed by atoms with Crippen LogP contribution in [0.2, 0.25) is 0 Å². The maximum atomic E-state index is 11.6. The Labute approximate surface area is 121 Å². The molecule has 116 valence electrons. The van der Waals surface area contributed by atoms with Gasteiger partial charge in [0, 0.05) is 26.2 Å². The van der Waals surface area contributed by atoms with Crippen LogP contribution in [0.3, 0.4) is 0 Å². The number of amides is 2. The Hall–Kier alpha value is -1.14. The zero-order valence-electron chi connectivity index (χ0n) is 12.8. The summed E-state index contributed by atoms with van der Waals surface area (Å²) < 4.78 is 5.07. The van der Waals surface area contributed by atoms with Gasteiger partial charge >= 0.3 is 11.8 Å². The van der Waals surface area contributed by atoms with Gasteiger partial charge in [-0.25, -0.2) is 0 Å². The Bertz CT molecular complexity index is 313. The highest BCUT2D eigenvalue weighted by Gasteiger charge is 2.21. The van der Waals surface area contributed by atoms with E-state index in [-0.39, 0.29) is 6.04 Å². The first-order valence-electron chi connectivity index (χ1n) is 7.33. The van der Waals surface area contributed by atoms with E-state index >= 15 is 0 Å². The molecule has 0 aromatic heterocycles. The van der Waals surface area contributed by atoms with E-state index in [1.165, 1.54) is 0 Å². The maximum absolute atomic E-state index is 11.6. The Kier molecular flexibility index (Phi) is 7.54. The highest BCUT2D eigenvalue weighted by atomic mass is 16.5. The van der Waals surface area contributed by atoms with Crippen molar-refractivity contribution in [1.29, 1.82) is 0 Å². The average Bonchev–Trinajstić information content (AvgIpc) is 2.42. The summed E-state index contributed by atoms with van der Waals surface area (Å²) in [5.41, 5.74) is 0. The van der Waals surface area contributed by atoms with E-state index in [4.69, 9.17) is 4.74 Å². The number of nitrogens with zero attached hydrogens (tertiary/aromatic N) is 1. The third-order valence-corrected chi connectivity index (χ3v) is 3.50. The molecule has 6 nitrogen and oxygen atoms in total. The second-order valence-corrected chi connectivity index (χ2v) is 5.62. The van der Waals surface area contributed by atoms with Gasteiger partial charge in [0.15, 0.2) is 0 Å². The molecule has 20 heavy (non-hydrogen) atoms. The Morgan fingerprint density at radius 2 is 1.90 bits per heavy atom. The molecule has 0 aromatic carbocycles. The lowest BCUT2D eigenvalue weighted by Gasteiger charge is -2.31. The van der Waals surface area contributed by atoms with Crippen molar-refractivity contribution < 1.29 is 14.3 Å². The number of likely N-dealkylation sites (tertiary alicyclic amines) is 1. The predicted molar refractivity (Wildman–Crippen MR) is 77.3 cm³/mol. The van der Waals surface area contributed by atoms with Gasteiger partial charge in [0.05, 0.1) is 6.61 Å². The molecule has 0 bridgehead atoms. The largest absolute Gasteiger partial charge is 0.383 e. The lowest BCUT2D eigenvalue weighted by atomic mass is 9.97. The molecule has 1 aliphatic heterocycles. The second-order valence-electron chi connectivity index (χ2n) is 5.62. The Morgan fingerprint density at radius 1 is 1.25 bits per heavy atom. The molecule has 1 aliphatic rings. The zero-order chi connectivity index (χ0) is 15.0. The molecule has 1 saturated heterocycles. The van der Waals surface area contributed by atoms with Crippen LogP contribution < -0.4 is 10.6 Å². The van der Waals surface area contributed by atoms with Crippen molar-refractivity contribution in [2.75, 3.05) is 39.9 Å². The van der Waals surface area contributed by atoms with Gasteiger partial charge in [-0.05, 0) is 45.7 Å². The number of piperidine rings is 1.